The Morgan fingerprint density at radius 2 is 1.84 bits per heavy atom. The number of ketones is 2. The first-order chi connectivity index (χ1) is 8.93. The Hall–Kier alpha value is -2.04. The van der Waals surface area contributed by atoms with E-state index in [9.17, 15) is 14.7 Å². The van der Waals surface area contributed by atoms with Gasteiger partial charge in [-0.2, -0.15) is 0 Å². The van der Waals surface area contributed by atoms with E-state index in [1.165, 1.54) is 6.07 Å². The molecule has 0 spiro atoms. The van der Waals surface area contributed by atoms with E-state index in [0.717, 1.165) is 12.2 Å². The molecule has 0 radical (unpaired) electrons. The molecule has 0 bridgehead atoms. The van der Waals surface area contributed by atoms with Crippen LogP contribution in [-0.4, -0.2) is 22.7 Å². The topological polar surface area (TPSA) is 80.4 Å². The molecule has 3 N–H and O–H groups in total. The monoisotopic (exact) mass is 259 g/mol. The van der Waals surface area contributed by atoms with Crippen molar-refractivity contribution in [3.8, 4) is 0 Å². The van der Waals surface area contributed by atoms with Crippen molar-refractivity contribution in [2.24, 2.45) is 5.73 Å². The molecular formula is C15H17NO3. The molecule has 0 aliphatic heterocycles. The van der Waals surface area contributed by atoms with Crippen molar-refractivity contribution in [3.05, 3.63) is 60.2 Å². The van der Waals surface area contributed by atoms with E-state index >= 15 is 0 Å². The van der Waals surface area contributed by atoms with Gasteiger partial charge in [-0.3, -0.25) is 9.59 Å². The molecule has 4 heteroatoms. The molecule has 1 unspecified atom stereocenters. The van der Waals surface area contributed by atoms with Gasteiger partial charge in [0, 0.05) is 17.2 Å². The number of benzene rings is 1. The third kappa shape index (κ3) is 3.05. The van der Waals surface area contributed by atoms with E-state index < -0.39 is 17.9 Å². The van der Waals surface area contributed by atoms with Gasteiger partial charge in [-0.25, -0.2) is 0 Å². The van der Waals surface area contributed by atoms with E-state index in [4.69, 9.17) is 5.73 Å². The van der Waals surface area contributed by atoms with Gasteiger partial charge in [0.1, 0.15) is 0 Å². The number of allylic oxidation sites excluding steroid dienone is 2. The summed E-state index contributed by atoms with van der Waals surface area (Å²) in [6.45, 7) is 8.43. The van der Waals surface area contributed by atoms with E-state index in [1.807, 2.05) is 0 Å². The fraction of sp³-hybridized carbons (Fsp3) is 0.200. The number of hydrogen-bond donors (Lipinski definition) is 2. The standard InChI is InChI=1S/C15H17NO3/c1-4-12(17)10-7-6-8-11(15(19)9(3)16)14(10)13(18)5-2/h4-9,15,19H,1-2,16H2,3H3/t9-,15?/m0/s1. The van der Waals surface area contributed by atoms with Crippen LogP contribution in [0, 0.1) is 0 Å². The molecule has 4 nitrogen and oxygen atoms in total. The second kappa shape index (κ2) is 6.22. The summed E-state index contributed by atoms with van der Waals surface area (Å²) in [7, 11) is 0. The largest absolute Gasteiger partial charge is 0.387 e. The number of aliphatic hydroxyl groups is 1. The van der Waals surface area contributed by atoms with Crippen LogP contribution in [0.25, 0.3) is 0 Å². The van der Waals surface area contributed by atoms with Crippen molar-refractivity contribution >= 4 is 11.6 Å². The zero-order valence-corrected chi connectivity index (χ0v) is 10.8. The predicted molar refractivity (Wildman–Crippen MR) is 74.1 cm³/mol. The molecule has 0 aliphatic rings. The number of carbonyl (C=O) groups excluding carboxylic acids is 2. The summed E-state index contributed by atoms with van der Waals surface area (Å²) < 4.78 is 0. The minimum absolute atomic E-state index is 0.132. The van der Waals surface area contributed by atoms with Gasteiger partial charge in [0.25, 0.3) is 0 Å². The average molecular weight is 259 g/mol. The minimum Gasteiger partial charge on any atom is -0.387 e. The van der Waals surface area contributed by atoms with Gasteiger partial charge in [-0.15, -0.1) is 0 Å². The average Bonchev–Trinajstić information content (AvgIpc) is 2.43. The molecule has 0 fully saturated rings. The molecule has 1 aromatic carbocycles. The summed E-state index contributed by atoms with van der Waals surface area (Å²) in [5, 5.41) is 10.1. The molecule has 100 valence electrons. The van der Waals surface area contributed by atoms with Crippen LogP contribution in [0.2, 0.25) is 0 Å². The number of nitrogens with two attached hydrogens (primary N) is 1. The zero-order chi connectivity index (χ0) is 14.6. The normalized spacial score (nSPS) is 13.4. The molecular weight excluding hydrogens is 242 g/mol. The Labute approximate surface area is 112 Å². The molecule has 0 heterocycles. The lowest BCUT2D eigenvalue weighted by atomic mass is 9.90. The van der Waals surface area contributed by atoms with E-state index in [1.54, 1.807) is 19.1 Å². The Morgan fingerprint density at radius 1 is 1.26 bits per heavy atom. The fourth-order valence-electron chi connectivity index (χ4n) is 1.79. The molecule has 2 atom stereocenters. The molecule has 1 rings (SSSR count). The highest BCUT2D eigenvalue weighted by Crippen LogP contribution is 2.25. The highest BCUT2D eigenvalue weighted by Gasteiger charge is 2.23. The second-order valence-electron chi connectivity index (χ2n) is 4.21. The number of rotatable bonds is 6. The Bertz CT molecular complexity index is 532. The van der Waals surface area contributed by atoms with Crippen molar-refractivity contribution in [1.82, 2.24) is 0 Å². The highest BCUT2D eigenvalue weighted by atomic mass is 16.3. The van der Waals surface area contributed by atoms with Crippen LogP contribution in [0.3, 0.4) is 0 Å². The van der Waals surface area contributed by atoms with Crippen LogP contribution < -0.4 is 5.73 Å². The highest BCUT2D eigenvalue weighted by molar-refractivity contribution is 6.16. The number of aliphatic hydroxyl groups excluding tert-OH is 1. The first-order valence-electron chi connectivity index (χ1n) is 5.84. The van der Waals surface area contributed by atoms with Crippen LogP contribution >= 0.6 is 0 Å². The summed E-state index contributed by atoms with van der Waals surface area (Å²) in [4.78, 5) is 23.7. The van der Waals surface area contributed by atoms with Crippen LogP contribution in [0.5, 0.6) is 0 Å². The van der Waals surface area contributed by atoms with E-state index in [2.05, 4.69) is 13.2 Å². The maximum absolute atomic E-state index is 11.9. The summed E-state index contributed by atoms with van der Waals surface area (Å²) in [6.07, 6.45) is 1.19. The van der Waals surface area contributed by atoms with Gasteiger partial charge in [0.2, 0.25) is 0 Å². The maximum atomic E-state index is 11.9. The van der Waals surface area contributed by atoms with Crippen molar-refractivity contribution in [2.45, 2.75) is 19.1 Å². The lowest BCUT2D eigenvalue weighted by Gasteiger charge is -2.19. The van der Waals surface area contributed by atoms with Gasteiger partial charge in [0.15, 0.2) is 11.6 Å². The van der Waals surface area contributed by atoms with Gasteiger partial charge < -0.3 is 10.8 Å². The summed E-state index contributed by atoms with van der Waals surface area (Å²) in [6, 6.07) is 4.12. The first-order valence-corrected chi connectivity index (χ1v) is 5.84. The first kappa shape index (κ1) is 15.0. The maximum Gasteiger partial charge on any atom is 0.186 e. The van der Waals surface area contributed by atoms with Crippen molar-refractivity contribution < 1.29 is 14.7 Å². The fourth-order valence-corrected chi connectivity index (χ4v) is 1.79. The Balaban J connectivity index is 3.55. The van der Waals surface area contributed by atoms with Gasteiger partial charge in [-0.05, 0) is 24.6 Å². The third-order valence-corrected chi connectivity index (χ3v) is 2.80. The summed E-state index contributed by atoms with van der Waals surface area (Å²) >= 11 is 0. The third-order valence-electron chi connectivity index (χ3n) is 2.80. The minimum atomic E-state index is -1.03. The van der Waals surface area contributed by atoms with Crippen LogP contribution in [0.4, 0.5) is 0 Å². The van der Waals surface area contributed by atoms with Crippen LogP contribution in [-0.2, 0) is 0 Å². The zero-order valence-electron chi connectivity index (χ0n) is 10.8. The molecule has 0 saturated heterocycles. The summed E-state index contributed by atoms with van der Waals surface area (Å²) in [5.41, 5.74) is 6.29. The summed E-state index contributed by atoms with van der Waals surface area (Å²) in [5.74, 6) is -0.815. The van der Waals surface area contributed by atoms with E-state index in [0.29, 0.717) is 5.56 Å². The quantitative estimate of drug-likeness (QED) is 0.603. The SMILES string of the molecule is C=CC(=O)c1cccc(C(O)[C@H](C)N)c1C(=O)C=C. The molecule has 1 aromatic rings. The Kier molecular flexibility index (Phi) is 4.92. The molecule has 0 saturated carbocycles. The molecule has 0 amide bonds. The Morgan fingerprint density at radius 3 is 2.32 bits per heavy atom. The lowest BCUT2D eigenvalue weighted by Crippen LogP contribution is -2.26. The smallest absolute Gasteiger partial charge is 0.186 e. The van der Waals surface area contributed by atoms with Crippen molar-refractivity contribution in [1.29, 1.82) is 0 Å². The van der Waals surface area contributed by atoms with Gasteiger partial charge in [-0.1, -0.05) is 31.4 Å². The van der Waals surface area contributed by atoms with Gasteiger partial charge in [0.05, 0.1) is 6.10 Å². The van der Waals surface area contributed by atoms with Crippen molar-refractivity contribution in [3.63, 3.8) is 0 Å². The molecule has 0 aromatic heterocycles. The van der Waals surface area contributed by atoms with Crippen LogP contribution in [0.1, 0.15) is 39.3 Å². The van der Waals surface area contributed by atoms with Crippen LogP contribution in [0.15, 0.2) is 43.5 Å². The molecule has 19 heavy (non-hydrogen) atoms. The number of hydrogen-bond acceptors (Lipinski definition) is 4. The predicted octanol–water partition coefficient (Wildman–Crippen LogP) is 1.80. The lowest BCUT2D eigenvalue weighted by molar-refractivity contribution is 0.100. The number of carbonyl (C=O) groups is 2. The molecule has 0 aliphatic carbocycles. The van der Waals surface area contributed by atoms with Gasteiger partial charge >= 0.3 is 0 Å². The second-order valence-corrected chi connectivity index (χ2v) is 4.21. The van der Waals surface area contributed by atoms with Crippen molar-refractivity contribution in [2.75, 3.05) is 0 Å². The van der Waals surface area contributed by atoms with E-state index in [-0.39, 0.29) is 16.9 Å².